The fourth-order valence-corrected chi connectivity index (χ4v) is 1.86. The van der Waals surface area contributed by atoms with Crippen molar-refractivity contribution in [1.29, 1.82) is 0 Å². The number of benzene rings is 2. The van der Waals surface area contributed by atoms with Crippen molar-refractivity contribution in [1.82, 2.24) is 0 Å². The Morgan fingerprint density at radius 2 is 1.61 bits per heavy atom. The molecular weight excluding hydrogens is 226 g/mol. The van der Waals surface area contributed by atoms with Crippen molar-refractivity contribution < 1.29 is 9.90 Å². The zero-order chi connectivity index (χ0) is 13.1. The third-order valence-electron chi connectivity index (χ3n) is 2.87. The Morgan fingerprint density at radius 1 is 1.00 bits per heavy atom. The molecule has 3 heteroatoms. The van der Waals surface area contributed by atoms with Crippen molar-refractivity contribution >= 4 is 11.6 Å². The van der Waals surface area contributed by atoms with Crippen LogP contribution in [0.25, 0.3) is 0 Å². The van der Waals surface area contributed by atoms with Crippen LogP contribution in [0.2, 0.25) is 0 Å². The molecule has 0 fully saturated rings. The zero-order valence-electron chi connectivity index (χ0n) is 10.4. The van der Waals surface area contributed by atoms with Crippen LogP contribution in [0.3, 0.4) is 0 Å². The average Bonchev–Trinajstić information content (AvgIpc) is 2.34. The summed E-state index contributed by atoms with van der Waals surface area (Å²) in [5.41, 5.74) is 3.07. The molecule has 0 heterocycles. The number of aromatic hydroxyl groups is 1. The number of aryl methyl sites for hydroxylation is 2. The van der Waals surface area contributed by atoms with Gasteiger partial charge in [0, 0.05) is 5.69 Å². The van der Waals surface area contributed by atoms with E-state index in [-0.39, 0.29) is 17.2 Å². The maximum absolute atomic E-state index is 12.1. The van der Waals surface area contributed by atoms with Crippen LogP contribution >= 0.6 is 0 Å². The van der Waals surface area contributed by atoms with Gasteiger partial charge >= 0.3 is 0 Å². The van der Waals surface area contributed by atoms with Gasteiger partial charge in [0.15, 0.2) is 0 Å². The van der Waals surface area contributed by atoms with Crippen LogP contribution < -0.4 is 5.32 Å². The summed E-state index contributed by atoms with van der Waals surface area (Å²) in [5.74, 6) is -0.313. The molecule has 2 N–H and O–H groups in total. The van der Waals surface area contributed by atoms with Crippen LogP contribution in [-0.4, -0.2) is 11.0 Å². The van der Waals surface area contributed by atoms with Gasteiger partial charge in [-0.1, -0.05) is 30.3 Å². The topological polar surface area (TPSA) is 49.3 Å². The first kappa shape index (κ1) is 12.2. The van der Waals surface area contributed by atoms with Crippen molar-refractivity contribution in [2.45, 2.75) is 13.8 Å². The number of carbonyl (C=O) groups excluding carboxylic acids is 1. The summed E-state index contributed by atoms with van der Waals surface area (Å²) >= 11 is 0. The van der Waals surface area contributed by atoms with Gasteiger partial charge < -0.3 is 10.4 Å². The van der Waals surface area contributed by atoms with E-state index in [0.29, 0.717) is 0 Å². The smallest absolute Gasteiger partial charge is 0.259 e. The number of rotatable bonds is 2. The molecule has 2 aromatic carbocycles. The summed E-state index contributed by atoms with van der Waals surface area (Å²) in [6.45, 7) is 3.88. The average molecular weight is 241 g/mol. The minimum absolute atomic E-state index is 0.0127. The third kappa shape index (κ3) is 2.35. The van der Waals surface area contributed by atoms with E-state index in [1.807, 2.05) is 32.0 Å². The summed E-state index contributed by atoms with van der Waals surface area (Å²) in [6.07, 6.45) is 0. The third-order valence-corrected chi connectivity index (χ3v) is 2.87. The summed E-state index contributed by atoms with van der Waals surface area (Å²) in [5, 5.41) is 12.5. The quantitative estimate of drug-likeness (QED) is 0.847. The van der Waals surface area contributed by atoms with E-state index in [9.17, 15) is 9.90 Å². The van der Waals surface area contributed by atoms with Crippen LogP contribution in [0, 0.1) is 13.8 Å². The number of anilines is 1. The van der Waals surface area contributed by atoms with Crippen LogP contribution in [0.15, 0.2) is 42.5 Å². The minimum atomic E-state index is -0.300. The van der Waals surface area contributed by atoms with Crippen LogP contribution in [-0.2, 0) is 0 Å². The van der Waals surface area contributed by atoms with Gasteiger partial charge in [-0.3, -0.25) is 4.79 Å². The molecule has 0 atom stereocenters. The van der Waals surface area contributed by atoms with E-state index >= 15 is 0 Å². The summed E-state index contributed by atoms with van der Waals surface area (Å²) in [6, 6.07) is 12.3. The van der Waals surface area contributed by atoms with Crippen molar-refractivity contribution in [3.05, 3.63) is 59.2 Å². The van der Waals surface area contributed by atoms with Gasteiger partial charge in [-0.2, -0.15) is 0 Å². The van der Waals surface area contributed by atoms with Gasteiger partial charge in [-0.05, 0) is 37.1 Å². The molecule has 2 aromatic rings. The summed E-state index contributed by atoms with van der Waals surface area (Å²) < 4.78 is 0. The van der Waals surface area contributed by atoms with Crippen LogP contribution in [0.4, 0.5) is 5.69 Å². The Balaban J connectivity index is 2.30. The van der Waals surface area contributed by atoms with Crippen molar-refractivity contribution in [2.24, 2.45) is 0 Å². The van der Waals surface area contributed by atoms with Gasteiger partial charge in [0.25, 0.3) is 5.91 Å². The number of nitrogens with one attached hydrogen (secondary N) is 1. The van der Waals surface area contributed by atoms with Gasteiger partial charge in [-0.15, -0.1) is 0 Å². The van der Waals surface area contributed by atoms with Gasteiger partial charge in [-0.25, -0.2) is 0 Å². The second-order valence-electron chi connectivity index (χ2n) is 4.24. The lowest BCUT2D eigenvalue weighted by Gasteiger charge is -2.11. The molecule has 2 rings (SSSR count). The van der Waals surface area contributed by atoms with E-state index in [4.69, 9.17) is 0 Å². The lowest BCUT2D eigenvalue weighted by molar-refractivity contribution is 0.102. The molecule has 18 heavy (non-hydrogen) atoms. The number of phenolic OH excluding ortho intramolecular Hbond substituents is 1. The summed E-state index contributed by atoms with van der Waals surface area (Å²) in [4.78, 5) is 12.1. The highest BCUT2D eigenvalue weighted by Crippen LogP contribution is 2.22. The second-order valence-corrected chi connectivity index (χ2v) is 4.24. The van der Waals surface area contributed by atoms with Crippen molar-refractivity contribution in [3.63, 3.8) is 0 Å². The van der Waals surface area contributed by atoms with E-state index in [0.717, 1.165) is 16.8 Å². The normalized spacial score (nSPS) is 10.1. The minimum Gasteiger partial charge on any atom is -0.507 e. The fourth-order valence-electron chi connectivity index (χ4n) is 1.86. The largest absolute Gasteiger partial charge is 0.507 e. The van der Waals surface area contributed by atoms with E-state index in [1.165, 1.54) is 6.07 Å². The maximum atomic E-state index is 12.1. The van der Waals surface area contributed by atoms with E-state index < -0.39 is 0 Å². The molecule has 1 amide bonds. The molecule has 0 aliphatic carbocycles. The number of phenols is 1. The van der Waals surface area contributed by atoms with Crippen molar-refractivity contribution in [2.75, 3.05) is 5.32 Å². The molecule has 0 aliphatic heterocycles. The highest BCUT2D eigenvalue weighted by atomic mass is 16.3. The van der Waals surface area contributed by atoms with Crippen molar-refractivity contribution in [3.8, 4) is 5.75 Å². The first-order chi connectivity index (χ1) is 8.59. The molecule has 0 saturated heterocycles. The maximum Gasteiger partial charge on any atom is 0.259 e. The Kier molecular flexibility index (Phi) is 3.33. The zero-order valence-corrected chi connectivity index (χ0v) is 10.4. The Hall–Kier alpha value is -2.29. The lowest BCUT2D eigenvalue weighted by Crippen LogP contribution is -2.13. The summed E-state index contributed by atoms with van der Waals surface area (Å²) in [7, 11) is 0. The van der Waals surface area contributed by atoms with Gasteiger partial charge in [0.05, 0.1) is 5.56 Å². The first-order valence-electron chi connectivity index (χ1n) is 5.75. The molecule has 0 bridgehead atoms. The highest BCUT2D eigenvalue weighted by Gasteiger charge is 2.12. The number of amides is 1. The van der Waals surface area contributed by atoms with E-state index in [2.05, 4.69) is 5.32 Å². The van der Waals surface area contributed by atoms with E-state index in [1.54, 1.807) is 18.2 Å². The SMILES string of the molecule is Cc1cccc(C)c1NC(=O)c1ccccc1O. The lowest BCUT2D eigenvalue weighted by atomic mass is 10.1. The van der Waals surface area contributed by atoms with Crippen LogP contribution in [0.5, 0.6) is 5.75 Å². The molecule has 0 aliphatic rings. The molecule has 0 spiro atoms. The molecule has 3 nitrogen and oxygen atoms in total. The number of hydrogen-bond acceptors (Lipinski definition) is 2. The second kappa shape index (κ2) is 4.92. The Bertz CT molecular complexity index is 571. The fraction of sp³-hybridized carbons (Fsp3) is 0.133. The number of para-hydroxylation sites is 2. The monoisotopic (exact) mass is 241 g/mol. The standard InChI is InChI=1S/C15H15NO2/c1-10-6-5-7-11(2)14(10)16-15(18)12-8-3-4-9-13(12)17/h3-9,17H,1-2H3,(H,16,18). The number of hydrogen-bond donors (Lipinski definition) is 2. The molecular formula is C15H15NO2. The van der Waals surface area contributed by atoms with Gasteiger partial charge in [0.2, 0.25) is 0 Å². The number of carbonyl (C=O) groups is 1. The molecule has 92 valence electrons. The van der Waals surface area contributed by atoms with Crippen LogP contribution in [0.1, 0.15) is 21.5 Å². The molecule has 0 aromatic heterocycles. The Morgan fingerprint density at radius 3 is 2.22 bits per heavy atom. The highest BCUT2D eigenvalue weighted by molar-refractivity contribution is 6.06. The Labute approximate surface area is 106 Å². The predicted molar refractivity (Wildman–Crippen MR) is 72.0 cm³/mol. The predicted octanol–water partition coefficient (Wildman–Crippen LogP) is 3.26. The van der Waals surface area contributed by atoms with Gasteiger partial charge in [0.1, 0.15) is 5.75 Å². The molecule has 0 unspecified atom stereocenters. The molecule has 0 saturated carbocycles. The first-order valence-corrected chi connectivity index (χ1v) is 5.75. The molecule has 0 radical (unpaired) electrons.